The minimum atomic E-state index is -1.53. The molecule has 7 aliphatic rings. The minimum Gasteiger partial charge on any atom is -0.480 e. The van der Waals surface area contributed by atoms with Crippen LogP contribution >= 0.6 is 0 Å². The third-order valence-corrected chi connectivity index (χ3v) is 15.8. The maximum absolute atomic E-state index is 14.5. The summed E-state index contributed by atoms with van der Waals surface area (Å²) >= 11 is 0. The molecule has 0 aromatic rings. The van der Waals surface area contributed by atoms with Gasteiger partial charge in [0.25, 0.3) is 0 Å². The number of carboxylic acid groups (broad SMARTS) is 1. The van der Waals surface area contributed by atoms with Gasteiger partial charge in [0.05, 0.1) is 12.6 Å². The third kappa shape index (κ3) is 10.5. The van der Waals surface area contributed by atoms with Gasteiger partial charge in [-0.1, -0.05) is 27.7 Å². The lowest BCUT2D eigenvalue weighted by Gasteiger charge is -2.37. The van der Waals surface area contributed by atoms with Crippen molar-refractivity contribution in [3.05, 3.63) is 0 Å². The van der Waals surface area contributed by atoms with Gasteiger partial charge in [0, 0.05) is 45.8 Å². The van der Waals surface area contributed by atoms with Crippen molar-refractivity contribution in [2.45, 2.75) is 178 Å². The second-order valence-corrected chi connectivity index (χ2v) is 20.9. The van der Waals surface area contributed by atoms with Crippen molar-refractivity contribution in [3.63, 3.8) is 0 Å². The number of likely N-dealkylation sites (tertiary alicyclic amines) is 7. The number of carboxylic acids is 1. The number of aliphatic carboxylic acids is 1. The molecule has 0 aliphatic carbocycles. The normalized spacial score (nSPS) is 28.2. The Balaban J connectivity index is 0.978. The molecule has 7 heterocycles. The minimum absolute atomic E-state index is 0.108. The Morgan fingerprint density at radius 3 is 1.04 bits per heavy atom. The highest BCUT2D eigenvalue weighted by molar-refractivity contribution is 5.99. The molecule has 0 unspecified atom stereocenters. The second-order valence-electron chi connectivity index (χ2n) is 20.9. The number of amides is 9. The molecule has 22 heteroatoms. The number of carbonyl (C=O) groups excluding carboxylic acids is 9. The summed E-state index contributed by atoms with van der Waals surface area (Å²) in [6.45, 7) is 8.58. The van der Waals surface area contributed by atoms with Gasteiger partial charge in [0.15, 0.2) is 0 Å². The van der Waals surface area contributed by atoms with E-state index in [4.69, 9.17) is 5.73 Å². The molecule has 9 amide bonds. The van der Waals surface area contributed by atoms with E-state index in [1.54, 1.807) is 23.6 Å². The highest BCUT2D eigenvalue weighted by atomic mass is 16.4. The Morgan fingerprint density at radius 2 is 0.729 bits per heavy atom. The summed E-state index contributed by atoms with van der Waals surface area (Å²) in [6.07, 6.45) is 6.45. The number of aliphatic hydroxyl groups is 1. The first-order valence-corrected chi connectivity index (χ1v) is 25.7. The first-order valence-electron chi connectivity index (χ1n) is 25.7. The predicted octanol–water partition coefficient (Wildman–Crippen LogP) is -1.39. The number of nitrogens with zero attached hydrogens (tertiary/aromatic N) is 7. The highest BCUT2D eigenvalue weighted by Crippen LogP contribution is 2.33. The van der Waals surface area contributed by atoms with Gasteiger partial charge in [-0.05, 0) is 102 Å². The number of carbonyl (C=O) groups is 10. The van der Waals surface area contributed by atoms with Crippen LogP contribution in [0.2, 0.25) is 0 Å². The Bertz CT molecular complexity index is 2050. The summed E-state index contributed by atoms with van der Waals surface area (Å²) in [5, 5.41) is 24.0. The molecule has 0 saturated carbocycles. The summed E-state index contributed by atoms with van der Waals surface area (Å²) in [7, 11) is 0. The van der Waals surface area contributed by atoms with E-state index >= 15 is 0 Å². The number of hydrogen-bond acceptors (Lipinski definition) is 12. The van der Waals surface area contributed by atoms with Crippen LogP contribution in [0, 0.1) is 11.8 Å². The van der Waals surface area contributed by atoms with Gasteiger partial charge in [0.2, 0.25) is 53.2 Å². The molecule has 0 radical (unpaired) electrons. The summed E-state index contributed by atoms with van der Waals surface area (Å²) in [5.41, 5.74) is 6.20. The van der Waals surface area contributed by atoms with Crippen molar-refractivity contribution >= 4 is 59.1 Å². The molecule has 0 aromatic carbocycles. The summed E-state index contributed by atoms with van der Waals surface area (Å²) < 4.78 is 0. The SMILES string of the molecule is CC(C)[C@H](N)C(=O)N1CCC[C@H]1C(=O)N1CCC[C@H]1C(=O)N1CCC[C@H]1C(=O)N[C@H](C(=O)N1CCC[C@H]1C(=O)N1CCC[C@H]1C(=O)N1CCC[C@H]1C(=O)N1CCC[C@H]1C(=O)N[C@@H](CO)C(=O)O)C(C)C. The fraction of sp³-hybridized carbons (Fsp3) is 0.792. The van der Waals surface area contributed by atoms with E-state index in [9.17, 15) is 58.2 Å². The average molecular weight is 983 g/mol. The molecule has 10 atom stereocenters. The van der Waals surface area contributed by atoms with Gasteiger partial charge >= 0.3 is 5.97 Å². The maximum Gasteiger partial charge on any atom is 0.328 e. The van der Waals surface area contributed by atoms with E-state index in [0.29, 0.717) is 110 Å². The van der Waals surface area contributed by atoms with Gasteiger partial charge in [-0.25, -0.2) is 4.79 Å². The molecule has 0 aromatic heterocycles. The van der Waals surface area contributed by atoms with E-state index < -0.39 is 103 Å². The zero-order chi connectivity index (χ0) is 50.7. The van der Waals surface area contributed by atoms with Crippen LogP contribution in [0.1, 0.15) is 118 Å². The first-order chi connectivity index (χ1) is 33.4. The zero-order valence-electron chi connectivity index (χ0n) is 41.2. The van der Waals surface area contributed by atoms with E-state index in [1.807, 2.05) is 13.8 Å². The number of aliphatic hydroxyl groups excluding tert-OH is 1. The second kappa shape index (κ2) is 22.4. The fourth-order valence-electron chi connectivity index (χ4n) is 11.9. The lowest BCUT2D eigenvalue weighted by atomic mass is 10.0. The van der Waals surface area contributed by atoms with Crippen molar-refractivity contribution in [2.24, 2.45) is 17.6 Å². The monoisotopic (exact) mass is 983 g/mol. The molecular weight excluding hydrogens is 909 g/mol. The molecule has 7 aliphatic heterocycles. The molecule has 7 saturated heterocycles. The highest BCUT2D eigenvalue weighted by Gasteiger charge is 2.50. The van der Waals surface area contributed by atoms with Gasteiger partial charge in [-0.2, -0.15) is 0 Å². The van der Waals surface area contributed by atoms with E-state index in [1.165, 1.54) is 24.5 Å². The molecule has 7 fully saturated rings. The smallest absolute Gasteiger partial charge is 0.328 e. The van der Waals surface area contributed by atoms with Gasteiger partial charge < -0.3 is 60.9 Å². The van der Waals surface area contributed by atoms with Crippen LogP contribution in [0.25, 0.3) is 0 Å². The van der Waals surface area contributed by atoms with Crippen molar-refractivity contribution in [1.82, 2.24) is 44.9 Å². The Kier molecular flexibility index (Phi) is 16.8. The summed E-state index contributed by atoms with van der Waals surface area (Å²) in [6, 6.07) is -9.30. The Labute approximate surface area is 409 Å². The molecular formula is C48H74N10O12. The van der Waals surface area contributed by atoms with Crippen LogP contribution in [0.4, 0.5) is 0 Å². The van der Waals surface area contributed by atoms with Crippen LogP contribution in [0.3, 0.4) is 0 Å². The van der Waals surface area contributed by atoms with Crippen molar-refractivity contribution in [2.75, 3.05) is 52.4 Å². The topological polar surface area (TPSA) is 284 Å². The Morgan fingerprint density at radius 1 is 0.443 bits per heavy atom. The quantitative estimate of drug-likeness (QED) is 0.127. The molecule has 22 nitrogen and oxygen atoms in total. The standard InChI is InChI=1S/C48H74N10O12/c1-27(2)37(49)46(67)57-24-10-17-35(57)44(65)55-22-8-15-33(55)42(63)53-20-6-13-31(53)40(61)51-38(28(3)4)47(68)58-25-11-18-36(58)45(66)56-23-9-16-34(56)43(64)54-21-7-14-32(54)41(62)52-19-5-12-30(52)39(60)50-29(26-59)48(69)70/h27-38,59H,5-26,49H2,1-4H3,(H,50,60)(H,51,61)(H,69,70)/t29-,30-,31-,32-,33-,34-,35-,36-,37-,38-/m0/s1. The molecule has 0 spiro atoms. The van der Waals surface area contributed by atoms with Crippen LogP contribution < -0.4 is 16.4 Å². The third-order valence-electron chi connectivity index (χ3n) is 15.8. The van der Waals surface area contributed by atoms with Crippen molar-refractivity contribution in [1.29, 1.82) is 0 Å². The average Bonchev–Trinajstić information content (AvgIpc) is 4.20. The molecule has 388 valence electrons. The first kappa shape index (κ1) is 52.4. The molecule has 70 heavy (non-hydrogen) atoms. The summed E-state index contributed by atoms with van der Waals surface area (Å²) in [4.78, 5) is 148. The lowest BCUT2D eigenvalue weighted by Crippen LogP contribution is -2.60. The summed E-state index contributed by atoms with van der Waals surface area (Å²) in [5.74, 6) is -5.67. The number of nitrogens with one attached hydrogen (secondary N) is 2. The van der Waals surface area contributed by atoms with Crippen molar-refractivity contribution in [3.8, 4) is 0 Å². The largest absolute Gasteiger partial charge is 0.480 e. The van der Waals surface area contributed by atoms with Gasteiger partial charge in [-0.3, -0.25) is 43.2 Å². The zero-order valence-corrected chi connectivity index (χ0v) is 41.2. The number of hydrogen-bond donors (Lipinski definition) is 5. The van der Waals surface area contributed by atoms with Crippen LogP contribution in [0.15, 0.2) is 0 Å². The number of nitrogens with two attached hydrogens (primary N) is 1. The van der Waals surface area contributed by atoms with Crippen LogP contribution in [-0.2, 0) is 47.9 Å². The number of rotatable bonds is 15. The van der Waals surface area contributed by atoms with Crippen LogP contribution in [-0.4, -0.2) is 216 Å². The predicted molar refractivity (Wildman–Crippen MR) is 249 cm³/mol. The van der Waals surface area contributed by atoms with E-state index in [0.717, 1.165) is 0 Å². The fourth-order valence-corrected chi connectivity index (χ4v) is 11.9. The van der Waals surface area contributed by atoms with E-state index in [-0.39, 0.29) is 61.6 Å². The van der Waals surface area contributed by atoms with Gasteiger partial charge in [0.1, 0.15) is 54.4 Å². The van der Waals surface area contributed by atoms with Gasteiger partial charge in [-0.15, -0.1) is 0 Å². The maximum atomic E-state index is 14.5. The molecule has 6 N–H and O–H groups in total. The Hall–Kier alpha value is -5.38. The van der Waals surface area contributed by atoms with Crippen LogP contribution in [0.5, 0.6) is 0 Å². The lowest BCUT2D eigenvalue weighted by molar-refractivity contribution is -0.153. The van der Waals surface area contributed by atoms with Crippen molar-refractivity contribution < 1.29 is 58.2 Å². The molecule has 7 rings (SSSR count). The molecule has 0 bridgehead atoms. The van der Waals surface area contributed by atoms with E-state index in [2.05, 4.69) is 10.6 Å².